The first-order valence-electron chi connectivity index (χ1n) is 5.13. The fourth-order valence-electron chi connectivity index (χ4n) is 1.76. The van der Waals surface area contributed by atoms with Crippen LogP contribution in [0.2, 0.25) is 0 Å². The molecule has 0 atom stereocenters. The lowest BCUT2D eigenvalue weighted by Gasteiger charge is -2.06. The van der Waals surface area contributed by atoms with Gasteiger partial charge in [0.2, 0.25) is 0 Å². The van der Waals surface area contributed by atoms with Crippen LogP contribution in [0.1, 0.15) is 10.5 Å². The van der Waals surface area contributed by atoms with Gasteiger partial charge in [0.1, 0.15) is 5.69 Å². The molecule has 0 bridgehead atoms. The number of nitrogens with zero attached hydrogens (tertiary/aromatic N) is 1. The van der Waals surface area contributed by atoms with Crippen molar-refractivity contribution in [2.24, 2.45) is 7.05 Å². The first kappa shape index (κ1) is 11.9. The van der Waals surface area contributed by atoms with Crippen molar-refractivity contribution in [3.63, 3.8) is 0 Å². The van der Waals surface area contributed by atoms with Crippen LogP contribution in [0.5, 0.6) is 0 Å². The Kier molecular flexibility index (Phi) is 3.33. The van der Waals surface area contributed by atoms with E-state index >= 15 is 0 Å². The number of carbonyl (C=O) groups is 1. The third kappa shape index (κ3) is 2.26. The summed E-state index contributed by atoms with van der Waals surface area (Å²) in [5.74, 6) is -0.325. The summed E-state index contributed by atoms with van der Waals surface area (Å²) in [6.07, 6.45) is 0. The monoisotopic (exact) mass is 293 g/mol. The molecule has 0 fully saturated rings. The van der Waals surface area contributed by atoms with Crippen LogP contribution in [0.15, 0.2) is 40.9 Å². The van der Waals surface area contributed by atoms with E-state index in [9.17, 15) is 4.79 Å². The zero-order chi connectivity index (χ0) is 12.4. The second-order valence-corrected chi connectivity index (χ2v) is 4.58. The van der Waals surface area contributed by atoms with E-state index in [4.69, 9.17) is 4.74 Å². The maximum Gasteiger partial charge on any atom is 0.354 e. The number of halogens is 1. The molecule has 4 heteroatoms. The van der Waals surface area contributed by atoms with Crippen molar-refractivity contribution in [1.82, 2.24) is 4.57 Å². The molecule has 0 saturated carbocycles. The zero-order valence-electron chi connectivity index (χ0n) is 9.61. The first-order valence-corrected chi connectivity index (χ1v) is 5.92. The van der Waals surface area contributed by atoms with E-state index in [0.717, 1.165) is 15.7 Å². The summed E-state index contributed by atoms with van der Waals surface area (Å²) < 4.78 is 7.56. The average Bonchev–Trinajstić information content (AvgIpc) is 2.70. The van der Waals surface area contributed by atoms with Crippen molar-refractivity contribution in [3.05, 3.63) is 46.6 Å². The quantitative estimate of drug-likeness (QED) is 0.796. The Morgan fingerprint density at radius 1 is 1.29 bits per heavy atom. The number of carbonyl (C=O) groups excluding carboxylic acids is 1. The Labute approximate surface area is 108 Å². The highest BCUT2D eigenvalue weighted by molar-refractivity contribution is 9.10. The van der Waals surface area contributed by atoms with Crippen LogP contribution in [0.25, 0.3) is 11.3 Å². The molecule has 3 nitrogen and oxygen atoms in total. The zero-order valence-corrected chi connectivity index (χ0v) is 11.2. The lowest BCUT2D eigenvalue weighted by molar-refractivity contribution is 0.0590. The van der Waals surface area contributed by atoms with E-state index in [1.807, 2.05) is 41.9 Å². The van der Waals surface area contributed by atoms with Crippen molar-refractivity contribution in [3.8, 4) is 11.3 Å². The molecule has 0 saturated heterocycles. The van der Waals surface area contributed by atoms with Crippen LogP contribution < -0.4 is 0 Å². The summed E-state index contributed by atoms with van der Waals surface area (Å²) in [5, 5.41) is 0. The fraction of sp³-hybridized carbons (Fsp3) is 0.154. The molecular formula is C13H12BrNO2. The smallest absolute Gasteiger partial charge is 0.354 e. The van der Waals surface area contributed by atoms with Crippen LogP contribution in [-0.4, -0.2) is 17.6 Å². The van der Waals surface area contributed by atoms with Crippen molar-refractivity contribution >= 4 is 21.9 Å². The number of hydrogen-bond acceptors (Lipinski definition) is 2. The molecule has 0 aliphatic rings. The number of ether oxygens (including phenoxy) is 1. The van der Waals surface area contributed by atoms with Crippen molar-refractivity contribution < 1.29 is 9.53 Å². The lowest BCUT2D eigenvalue weighted by Crippen LogP contribution is -2.07. The molecule has 1 aromatic heterocycles. The standard InChI is InChI=1S/C13H12BrNO2/c1-15-11(6-7-12(15)13(16)17-2)9-4-3-5-10(14)8-9/h3-8H,1-2H3. The number of esters is 1. The number of methoxy groups -OCH3 is 1. The molecule has 0 spiro atoms. The first-order chi connectivity index (χ1) is 8.13. The minimum Gasteiger partial charge on any atom is -0.464 e. The van der Waals surface area contributed by atoms with Crippen LogP contribution in [0.3, 0.4) is 0 Å². The van der Waals surface area contributed by atoms with Crippen molar-refractivity contribution in [2.45, 2.75) is 0 Å². The molecular weight excluding hydrogens is 282 g/mol. The Bertz CT molecular complexity index is 560. The summed E-state index contributed by atoms with van der Waals surface area (Å²) in [4.78, 5) is 11.5. The highest BCUT2D eigenvalue weighted by Gasteiger charge is 2.13. The van der Waals surface area contributed by atoms with Crippen LogP contribution >= 0.6 is 15.9 Å². The molecule has 0 radical (unpaired) electrons. The van der Waals surface area contributed by atoms with E-state index in [1.165, 1.54) is 7.11 Å². The van der Waals surface area contributed by atoms with Gasteiger partial charge in [-0.3, -0.25) is 0 Å². The fourth-order valence-corrected chi connectivity index (χ4v) is 2.16. The lowest BCUT2D eigenvalue weighted by atomic mass is 10.1. The average molecular weight is 294 g/mol. The second kappa shape index (κ2) is 4.75. The highest BCUT2D eigenvalue weighted by Crippen LogP contribution is 2.24. The molecule has 1 heterocycles. The Morgan fingerprint density at radius 3 is 2.71 bits per heavy atom. The van der Waals surface area contributed by atoms with E-state index in [0.29, 0.717) is 5.69 Å². The molecule has 1 aromatic carbocycles. The highest BCUT2D eigenvalue weighted by atomic mass is 79.9. The van der Waals surface area contributed by atoms with Gasteiger partial charge < -0.3 is 9.30 Å². The van der Waals surface area contributed by atoms with Crippen LogP contribution in [-0.2, 0) is 11.8 Å². The minimum atomic E-state index is -0.325. The predicted molar refractivity (Wildman–Crippen MR) is 69.9 cm³/mol. The van der Waals surface area contributed by atoms with Gasteiger partial charge in [-0.25, -0.2) is 4.79 Å². The molecule has 0 aliphatic carbocycles. The van der Waals surface area contributed by atoms with Gasteiger partial charge in [0.25, 0.3) is 0 Å². The number of aromatic nitrogens is 1. The largest absolute Gasteiger partial charge is 0.464 e. The predicted octanol–water partition coefficient (Wildman–Crippen LogP) is 3.24. The molecule has 0 N–H and O–H groups in total. The molecule has 17 heavy (non-hydrogen) atoms. The van der Waals surface area contributed by atoms with E-state index in [2.05, 4.69) is 15.9 Å². The Balaban J connectivity index is 2.48. The van der Waals surface area contributed by atoms with Gasteiger partial charge in [0.05, 0.1) is 7.11 Å². The third-order valence-electron chi connectivity index (χ3n) is 2.64. The Morgan fingerprint density at radius 2 is 2.06 bits per heavy atom. The van der Waals surface area contributed by atoms with Crippen molar-refractivity contribution in [1.29, 1.82) is 0 Å². The minimum absolute atomic E-state index is 0.325. The summed E-state index contributed by atoms with van der Waals surface area (Å²) in [5.41, 5.74) is 2.58. The number of rotatable bonds is 2. The number of hydrogen-bond donors (Lipinski definition) is 0. The van der Waals surface area contributed by atoms with Crippen LogP contribution in [0.4, 0.5) is 0 Å². The Hall–Kier alpha value is -1.55. The number of benzene rings is 1. The normalized spacial score (nSPS) is 10.3. The molecule has 0 amide bonds. The summed E-state index contributed by atoms with van der Waals surface area (Å²) in [7, 11) is 3.23. The van der Waals surface area contributed by atoms with Gasteiger partial charge in [0.15, 0.2) is 0 Å². The van der Waals surface area contributed by atoms with Gasteiger partial charge in [-0.2, -0.15) is 0 Å². The topological polar surface area (TPSA) is 31.2 Å². The molecule has 88 valence electrons. The van der Waals surface area contributed by atoms with E-state index < -0.39 is 0 Å². The van der Waals surface area contributed by atoms with Gasteiger partial charge in [0, 0.05) is 17.2 Å². The maximum atomic E-state index is 11.5. The molecule has 2 aromatic rings. The summed E-state index contributed by atoms with van der Waals surface area (Å²) in [6.45, 7) is 0. The maximum absolute atomic E-state index is 11.5. The molecule has 0 unspecified atom stereocenters. The third-order valence-corrected chi connectivity index (χ3v) is 3.13. The van der Waals surface area contributed by atoms with Crippen LogP contribution in [0, 0.1) is 0 Å². The van der Waals surface area contributed by atoms with Gasteiger partial charge in [-0.1, -0.05) is 28.1 Å². The van der Waals surface area contributed by atoms with Crippen molar-refractivity contribution in [2.75, 3.05) is 7.11 Å². The second-order valence-electron chi connectivity index (χ2n) is 3.66. The van der Waals surface area contributed by atoms with Gasteiger partial charge in [-0.15, -0.1) is 0 Å². The SMILES string of the molecule is COC(=O)c1ccc(-c2cccc(Br)c2)n1C. The van der Waals surface area contributed by atoms with E-state index in [1.54, 1.807) is 6.07 Å². The summed E-state index contributed by atoms with van der Waals surface area (Å²) >= 11 is 3.43. The molecule has 0 aliphatic heterocycles. The van der Waals surface area contributed by atoms with E-state index in [-0.39, 0.29) is 5.97 Å². The molecule has 2 rings (SSSR count). The van der Waals surface area contributed by atoms with Gasteiger partial charge >= 0.3 is 5.97 Å². The van der Waals surface area contributed by atoms with Gasteiger partial charge in [-0.05, 0) is 29.8 Å². The summed E-state index contributed by atoms with van der Waals surface area (Å²) in [6, 6.07) is 11.6.